The molecule has 0 aromatic heterocycles. The van der Waals surface area contributed by atoms with Gasteiger partial charge in [-0.2, -0.15) is 0 Å². The second-order valence-corrected chi connectivity index (χ2v) is 5.12. The highest BCUT2D eigenvalue weighted by Gasteiger charge is 2.21. The Bertz CT molecular complexity index is 323. The molecule has 1 aromatic rings. The van der Waals surface area contributed by atoms with E-state index in [4.69, 9.17) is 5.73 Å². The Morgan fingerprint density at radius 1 is 1.06 bits per heavy atom. The first-order chi connectivity index (χ1) is 7.66. The lowest BCUT2D eigenvalue weighted by Gasteiger charge is -2.35. The summed E-state index contributed by atoms with van der Waals surface area (Å²) >= 11 is 0. The van der Waals surface area contributed by atoms with E-state index in [1.807, 2.05) is 12.1 Å². The zero-order chi connectivity index (χ0) is 11.5. The van der Waals surface area contributed by atoms with Gasteiger partial charge in [0.05, 0.1) is 0 Å². The van der Waals surface area contributed by atoms with Crippen molar-refractivity contribution >= 4 is 11.4 Å². The van der Waals surface area contributed by atoms with Crippen LogP contribution in [0.15, 0.2) is 24.3 Å². The van der Waals surface area contributed by atoms with Crippen molar-refractivity contribution in [3.63, 3.8) is 0 Å². The molecule has 1 aromatic carbocycles. The normalized spacial score (nSPS) is 25.4. The molecule has 0 saturated heterocycles. The number of nitrogens with two attached hydrogens (primary N) is 1. The number of nitrogens with zero attached hydrogens (tertiary/aromatic N) is 1. The maximum Gasteiger partial charge on any atom is 0.0367 e. The minimum absolute atomic E-state index is 0.708. The molecule has 0 radical (unpaired) electrons. The summed E-state index contributed by atoms with van der Waals surface area (Å²) in [5, 5.41) is 0. The van der Waals surface area contributed by atoms with Gasteiger partial charge in [0.2, 0.25) is 0 Å². The average molecular weight is 218 g/mol. The van der Waals surface area contributed by atoms with Crippen LogP contribution >= 0.6 is 0 Å². The van der Waals surface area contributed by atoms with Gasteiger partial charge in [0, 0.05) is 24.5 Å². The number of anilines is 2. The minimum atomic E-state index is 0.708. The van der Waals surface area contributed by atoms with E-state index in [1.54, 1.807) is 0 Å². The van der Waals surface area contributed by atoms with Gasteiger partial charge in [-0.15, -0.1) is 0 Å². The summed E-state index contributed by atoms with van der Waals surface area (Å²) in [5.74, 6) is 0.913. The highest BCUT2D eigenvalue weighted by Crippen LogP contribution is 2.29. The number of hydrogen-bond donors (Lipinski definition) is 1. The predicted molar refractivity (Wildman–Crippen MR) is 70.7 cm³/mol. The molecule has 0 atom stereocenters. The Labute approximate surface area is 98.4 Å². The Hall–Kier alpha value is -1.18. The van der Waals surface area contributed by atoms with Crippen LogP contribution in [-0.2, 0) is 0 Å². The Morgan fingerprint density at radius 2 is 1.62 bits per heavy atom. The lowest BCUT2D eigenvalue weighted by molar-refractivity contribution is 0.341. The smallest absolute Gasteiger partial charge is 0.0367 e. The summed E-state index contributed by atoms with van der Waals surface area (Å²) < 4.78 is 0. The molecule has 1 saturated carbocycles. The Balaban J connectivity index is 2.01. The Kier molecular flexibility index (Phi) is 3.37. The van der Waals surface area contributed by atoms with Crippen molar-refractivity contribution in [3.8, 4) is 0 Å². The lowest BCUT2D eigenvalue weighted by atomic mass is 9.86. The molecule has 1 aliphatic carbocycles. The van der Waals surface area contributed by atoms with Crippen molar-refractivity contribution < 1.29 is 0 Å². The first-order valence-electron chi connectivity index (χ1n) is 6.25. The van der Waals surface area contributed by atoms with Crippen molar-refractivity contribution in [2.24, 2.45) is 5.92 Å². The van der Waals surface area contributed by atoms with Gasteiger partial charge < -0.3 is 10.6 Å². The molecule has 1 aliphatic rings. The van der Waals surface area contributed by atoms with Crippen LogP contribution in [0.5, 0.6) is 0 Å². The fraction of sp³-hybridized carbons (Fsp3) is 0.571. The van der Waals surface area contributed by atoms with E-state index in [9.17, 15) is 0 Å². The summed E-state index contributed by atoms with van der Waals surface area (Å²) in [6.45, 7) is 2.36. The highest BCUT2D eigenvalue weighted by molar-refractivity contribution is 5.53. The molecule has 0 unspecified atom stereocenters. The number of hydrogen-bond acceptors (Lipinski definition) is 2. The zero-order valence-corrected chi connectivity index (χ0v) is 10.3. The third kappa shape index (κ3) is 2.49. The summed E-state index contributed by atoms with van der Waals surface area (Å²) in [7, 11) is 2.20. The van der Waals surface area contributed by atoms with Gasteiger partial charge >= 0.3 is 0 Å². The number of rotatable bonds is 2. The van der Waals surface area contributed by atoms with Crippen LogP contribution in [0.25, 0.3) is 0 Å². The summed E-state index contributed by atoms with van der Waals surface area (Å²) in [5.41, 5.74) is 7.83. The number of benzene rings is 1. The molecule has 2 rings (SSSR count). The number of nitrogen functional groups attached to an aromatic ring is 1. The van der Waals surface area contributed by atoms with Crippen LogP contribution in [0.1, 0.15) is 32.6 Å². The van der Waals surface area contributed by atoms with Crippen molar-refractivity contribution in [1.82, 2.24) is 0 Å². The summed E-state index contributed by atoms with van der Waals surface area (Å²) in [6, 6.07) is 8.91. The third-order valence-electron chi connectivity index (χ3n) is 3.83. The van der Waals surface area contributed by atoms with Crippen LogP contribution < -0.4 is 10.6 Å². The van der Waals surface area contributed by atoms with Gasteiger partial charge in [-0.3, -0.25) is 0 Å². The quantitative estimate of drug-likeness (QED) is 0.772. The van der Waals surface area contributed by atoms with Crippen LogP contribution in [0.3, 0.4) is 0 Å². The van der Waals surface area contributed by atoms with Crippen LogP contribution in [0, 0.1) is 5.92 Å². The van der Waals surface area contributed by atoms with E-state index in [0.717, 1.165) is 11.6 Å². The van der Waals surface area contributed by atoms with Crippen molar-refractivity contribution in [2.75, 3.05) is 17.7 Å². The molecule has 1 fully saturated rings. The molecule has 0 spiro atoms. The van der Waals surface area contributed by atoms with Gasteiger partial charge in [-0.25, -0.2) is 0 Å². The lowest BCUT2D eigenvalue weighted by Crippen LogP contribution is -2.34. The van der Waals surface area contributed by atoms with Gasteiger partial charge in [-0.1, -0.05) is 6.92 Å². The third-order valence-corrected chi connectivity index (χ3v) is 3.83. The van der Waals surface area contributed by atoms with E-state index < -0.39 is 0 Å². The summed E-state index contributed by atoms with van der Waals surface area (Å²) in [6.07, 6.45) is 5.37. The van der Waals surface area contributed by atoms with Crippen molar-refractivity contribution in [1.29, 1.82) is 0 Å². The Morgan fingerprint density at radius 3 is 2.19 bits per heavy atom. The van der Waals surface area contributed by atoms with E-state index >= 15 is 0 Å². The van der Waals surface area contributed by atoms with Gasteiger partial charge in [0.1, 0.15) is 0 Å². The molecule has 2 nitrogen and oxygen atoms in total. The topological polar surface area (TPSA) is 29.3 Å². The molecule has 2 N–H and O–H groups in total. The van der Waals surface area contributed by atoms with Gasteiger partial charge in [0.25, 0.3) is 0 Å². The molecule has 2 heteroatoms. The summed E-state index contributed by atoms with van der Waals surface area (Å²) in [4.78, 5) is 2.41. The molecule has 0 heterocycles. The predicted octanol–water partition coefficient (Wildman–Crippen LogP) is 3.28. The van der Waals surface area contributed by atoms with E-state index in [1.165, 1.54) is 31.4 Å². The second-order valence-electron chi connectivity index (χ2n) is 5.12. The largest absolute Gasteiger partial charge is 0.399 e. The fourth-order valence-electron chi connectivity index (χ4n) is 2.55. The van der Waals surface area contributed by atoms with Crippen molar-refractivity contribution in [3.05, 3.63) is 24.3 Å². The van der Waals surface area contributed by atoms with E-state index in [0.29, 0.717) is 6.04 Å². The molecule has 0 bridgehead atoms. The van der Waals surface area contributed by atoms with Gasteiger partial charge in [0.15, 0.2) is 0 Å². The molecular formula is C14H22N2. The molecule has 88 valence electrons. The monoisotopic (exact) mass is 218 g/mol. The van der Waals surface area contributed by atoms with Crippen LogP contribution in [-0.4, -0.2) is 13.1 Å². The zero-order valence-electron chi connectivity index (χ0n) is 10.3. The highest BCUT2D eigenvalue weighted by atomic mass is 15.1. The standard InChI is InChI=1S/C14H22N2/c1-11-3-7-13(8-4-11)16(2)14-9-5-12(15)6-10-14/h5-6,9-11,13H,3-4,7-8,15H2,1-2H3. The van der Waals surface area contributed by atoms with Gasteiger partial charge in [-0.05, 0) is 55.9 Å². The van der Waals surface area contributed by atoms with Crippen LogP contribution in [0.4, 0.5) is 11.4 Å². The van der Waals surface area contributed by atoms with Crippen LogP contribution in [0.2, 0.25) is 0 Å². The molecular weight excluding hydrogens is 196 g/mol. The molecule has 0 aliphatic heterocycles. The molecule has 0 amide bonds. The van der Waals surface area contributed by atoms with E-state index in [2.05, 4.69) is 31.0 Å². The minimum Gasteiger partial charge on any atom is -0.399 e. The second kappa shape index (κ2) is 4.77. The maximum atomic E-state index is 5.70. The first kappa shape index (κ1) is 11.3. The van der Waals surface area contributed by atoms with Crippen molar-refractivity contribution in [2.45, 2.75) is 38.6 Å². The average Bonchev–Trinajstić information content (AvgIpc) is 2.30. The van der Waals surface area contributed by atoms with E-state index in [-0.39, 0.29) is 0 Å². The first-order valence-corrected chi connectivity index (χ1v) is 6.25. The SMILES string of the molecule is CC1CCC(N(C)c2ccc(N)cc2)CC1. The fourth-order valence-corrected chi connectivity index (χ4v) is 2.55. The molecule has 16 heavy (non-hydrogen) atoms. The maximum absolute atomic E-state index is 5.70.